The summed E-state index contributed by atoms with van der Waals surface area (Å²) in [5, 5.41) is 0.927. The Labute approximate surface area is 132 Å². The van der Waals surface area contributed by atoms with Crippen LogP contribution in [0.1, 0.15) is 5.56 Å². The van der Waals surface area contributed by atoms with Gasteiger partial charge in [0.05, 0.1) is 20.6 Å². The van der Waals surface area contributed by atoms with Gasteiger partial charge >= 0.3 is 6.18 Å². The van der Waals surface area contributed by atoms with Gasteiger partial charge in [0.1, 0.15) is 5.03 Å². The molecule has 1 heterocycles. The fraction of sp³-hybridized carbons (Fsp3) is 0.0833. The first-order chi connectivity index (χ1) is 9.27. The molecule has 0 spiro atoms. The lowest BCUT2D eigenvalue weighted by Gasteiger charge is -2.09. The monoisotopic (exact) mass is 357 g/mol. The third kappa shape index (κ3) is 3.73. The number of halogens is 6. The summed E-state index contributed by atoms with van der Waals surface area (Å²) < 4.78 is 37.5. The zero-order chi connectivity index (χ0) is 14.9. The quantitative estimate of drug-likeness (QED) is 0.633. The van der Waals surface area contributed by atoms with E-state index < -0.39 is 11.7 Å². The third-order valence-electron chi connectivity index (χ3n) is 2.24. The van der Waals surface area contributed by atoms with Crippen LogP contribution in [-0.2, 0) is 6.18 Å². The summed E-state index contributed by atoms with van der Waals surface area (Å²) in [4.78, 5) is 4.40. The van der Waals surface area contributed by atoms with Gasteiger partial charge in [0.15, 0.2) is 0 Å². The van der Waals surface area contributed by atoms with Gasteiger partial charge in [0.2, 0.25) is 0 Å². The van der Waals surface area contributed by atoms with Gasteiger partial charge in [0.25, 0.3) is 0 Å². The zero-order valence-electron chi connectivity index (χ0n) is 9.51. The molecule has 0 aliphatic carbocycles. The molecule has 1 aromatic carbocycles. The molecule has 8 heteroatoms. The van der Waals surface area contributed by atoms with E-state index in [1.54, 1.807) is 18.2 Å². The molecule has 0 atom stereocenters. The molecule has 0 aliphatic rings. The number of hydrogen-bond donors (Lipinski definition) is 0. The van der Waals surface area contributed by atoms with Gasteiger partial charge in [-0.2, -0.15) is 13.2 Å². The van der Waals surface area contributed by atoms with Gasteiger partial charge in [-0.25, -0.2) is 4.98 Å². The SMILES string of the molecule is FC(F)(F)c1cnc(Sc2ccc(Cl)c(Cl)c2)c(Cl)c1. The number of pyridine rings is 1. The lowest BCUT2D eigenvalue weighted by Crippen LogP contribution is -2.05. The fourth-order valence-electron chi connectivity index (χ4n) is 1.31. The summed E-state index contributed by atoms with van der Waals surface area (Å²) in [7, 11) is 0. The lowest BCUT2D eigenvalue weighted by atomic mass is 10.3. The van der Waals surface area contributed by atoms with E-state index in [1.807, 2.05) is 0 Å². The van der Waals surface area contributed by atoms with Crippen molar-refractivity contribution in [2.75, 3.05) is 0 Å². The lowest BCUT2D eigenvalue weighted by molar-refractivity contribution is -0.137. The highest BCUT2D eigenvalue weighted by Crippen LogP contribution is 2.37. The molecule has 0 amide bonds. The topological polar surface area (TPSA) is 12.9 Å². The van der Waals surface area contributed by atoms with Crippen molar-refractivity contribution in [1.82, 2.24) is 4.98 Å². The Bertz CT molecular complexity index is 646. The molecule has 0 unspecified atom stereocenters. The van der Waals surface area contributed by atoms with Crippen molar-refractivity contribution in [1.29, 1.82) is 0 Å². The van der Waals surface area contributed by atoms with Crippen molar-refractivity contribution in [2.45, 2.75) is 16.1 Å². The molecule has 1 nitrogen and oxygen atoms in total. The van der Waals surface area contributed by atoms with Crippen LogP contribution in [0, 0.1) is 0 Å². The molecular formula is C12H5Cl3F3NS. The molecule has 2 rings (SSSR count). The van der Waals surface area contributed by atoms with Crippen LogP contribution in [0.15, 0.2) is 40.4 Å². The van der Waals surface area contributed by atoms with Crippen LogP contribution in [0.4, 0.5) is 13.2 Å². The zero-order valence-corrected chi connectivity index (χ0v) is 12.6. The Morgan fingerprint density at radius 1 is 0.950 bits per heavy atom. The number of nitrogens with zero attached hydrogens (tertiary/aromatic N) is 1. The van der Waals surface area contributed by atoms with Crippen molar-refractivity contribution in [3.63, 3.8) is 0 Å². The average Bonchev–Trinajstić information content (AvgIpc) is 2.35. The first-order valence-electron chi connectivity index (χ1n) is 5.13. The van der Waals surface area contributed by atoms with Gasteiger partial charge in [0, 0.05) is 11.1 Å². The molecule has 0 bridgehead atoms. The smallest absolute Gasteiger partial charge is 0.247 e. The highest BCUT2D eigenvalue weighted by atomic mass is 35.5. The second kappa shape index (κ2) is 6.02. The number of alkyl halides is 3. The summed E-state index contributed by atoms with van der Waals surface area (Å²) in [6.07, 6.45) is -3.73. The Balaban J connectivity index is 2.28. The van der Waals surface area contributed by atoms with Crippen molar-refractivity contribution >= 4 is 46.6 Å². The molecular weight excluding hydrogens is 354 g/mol. The Morgan fingerprint density at radius 2 is 1.65 bits per heavy atom. The predicted molar refractivity (Wildman–Crippen MR) is 74.8 cm³/mol. The van der Waals surface area contributed by atoms with Gasteiger partial charge in [-0.3, -0.25) is 0 Å². The van der Waals surface area contributed by atoms with Crippen LogP contribution in [0.5, 0.6) is 0 Å². The van der Waals surface area contributed by atoms with Crippen molar-refractivity contribution in [3.05, 3.63) is 51.1 Å². The maximum Gasteiger partial charge on any atom is 0.417 e. The molecule has 106 valence electrons. The van der Waals surface area contributed by atoms with Gasteiger partial charge < -0.3 is 0 Å². The summed E-state index contributed by atoms with van der Waals surface area (Å²) >= 11 is 18.6. The van der Waals surface area contributed by atoms with E-state index in [1.165, 1.54) is 0 Å². The first kappa shape index (κ1) is 15.8. The van der Waals surface area contributed by atoms with Gasteiger partial charge in [-0.1, -0.05) is 46.6 Å². The van der Waals surface area contributed by atoms with Crippen LogP contribution in [0.3, 0.4) is 0 Å². The molecule has 0 N–H and O–H groups in total. The molecule has 2 aromatic rings. The van der Waals surface area contributed by atoms with E-state index in [4.69, 9.17) is 34.8 Å². The molecule has 1 aromatic heterocycles. The molecule has 0 fully saturated rings. The summed E-state index contributed by atoms with van der Waals surface area (Å²) in [6.45, 7) is 0. The predicted octanol–water partition coefficient (Wildman–Crippen LogP) is 6.21. The van der Waals surface area contributed by atoms with Crippen LogP contribution in [0.2, 0.25) is 15.1 Å². The normalized spacial score (nSPS) is 11.7. The Hall–Kier alpha value is -0.620. The van der Waals surface area contributed by atoms with E-state index in [0.29, 0.717) is 14.9 Å². The largest absolute Gasteiger partial charge is 0.417 e. The van der Waals surface area contributed by atoms with Crippen LogP contribution in [0.25, 0.3) is 0 Å². The van der Waals surface area contributed by atoms with Crippen molar-refractivity contribution < 1.29 is 13.2 Å². The van der Waals surface area contributed by atoms with Crippen LogP contribution < -0.4 is 0 Å². The Morgan fingerprint density at radius 3 is 2.20 bits per heavy atom. The molecule has 0 aliphatic heterocycles. The minimum atomic E-state index is -4.47. The van der Waals surface area contributed by atoms with E-state index in [9.17, 15) is 13.2 Å². The molecule has 0 radical (unpaired) electrons. The molecule has 20 heavy (non-hydrogen) atoms. The van der Waals surface area contributed by atoms with Gasteiger partial charge in [-0.15, -0.1) is 0 Å². The highest BCUT2D eigenvalue weighted by molar-refractivity contribution is 7.99. The van der Waals surface area contributed by atoms with Crippen LogP contribution >= 0.6 is 46.6 Å². The maximum atomic E-state index is 12.5. The van der Waals surface area contributed by atoms with E-state index in [-0.39, 0.29) is 10.0 Å². The minimum Gasteiger partial charge on any atom is -0.247 e. The minimum absolute atomic E-state index is 0.0732. The van der Waals surface area contributed by atoms with Crippen molar-refractivity contribution in [3.8, 4) is 0 Å². The fourth-order valence-corrected chi connectivity index (χ4v) is 2.75. The summed E-state index contributed by atoms with van der Waals surface area (Å²) in [6, 6.07) is 5.69. The Kier molecular flexibility index (Phi) is 4.74. The molecule has 0 saturated carbocycles. The van der Waals surface area contributed by atoms with Crippen LogP contribution in [-0.4, -0.2) is 4.98 Å². The number of rotatable bonds is 2. The van der Waals surface area contributed by atoms with E-state index in [0.717, 1.165) is 24.0 Å². The van der Waals surface area contributed by atoms with Crippen molar-refractivity contribution in [2.24, 2.45) is 0 Å². The third-order valence-corrected chi connectivity index (χ3v) is 4.39. The second-order valence-corrected chi connectivity index (χ2v) is 5.97. The summed E-state index contributed by atoms with van der Waals surface area (Å²) in [5.74, 6) is 0. The molecule has 0 saturated heterocycles. The van der Waals surface area contributed by atoms with E-state index in [2.05, 4.69) is 4.98 Å². The summed E-state index contributed by atoms with van der Waals surface area (Å²) in [5.41, 5.74) is -0.888. The van der Waals surface area contributed by atoms with E-state index >= 15 is 0 Å². The first-order valence-corrected chi connectivity index (χ1v) is 7.08. The average molecular weight is 359 g/mol. The number of hydrogen-bond acceptors (Lipinski definition) is 2. The number of benzene rings is 1. The highest BCUT2D eigenvalue weighted by Gasteiger charge is 2.31. The number of aromatic nitrogens is 1. The second-order valence-electron chi connectivity index (χ2n) is 3.69. The standard InChI is InChI=1S/C12H5Cl3F3NS/c13-8-2-1-7(4-9(8)14)20-11-10(15)3-6(5-19-11)12(16,17)18/h1-5H. The maximum absolute atomic E-state index is 12.5. The van der Waals surface area contributed by atoms with Gasteiger partial charge in [-0.05, 0) is 24.3 Å².